The van der Waals surface area contributed by atoms with Crippen molar-refractivity contribution in [2.75, 3.05) is 4.90 Å². The Kier molecular flexibility index (Phi) is 8.17. The molecule has 2 heterocycles. The summed E-state index contributed by atoms with van der Waals surface area (Å²) in [4.78, 5) is 2.42. The van der Waals surface area contributed by atoms with Crippen molar-refractivity contribution in [3.05, 3.63) is 231 Å². The van der Waals surface area contributed by atoms with Gasteiger partial charge in [-0.25, -0.2) is 0 Å². The first-order chi connectivity index (χ1) is 30.3. The summed E-state index contributed by atoms with van der Waals surface area (Å²) in [6.45, 7) is 0. The van der Waals surface area contributed by atoms with E-state index in [0.717, 1.165) is 72.5 Å². The van der Waals surface area contributed by atoms with Crippen LogP contribution in [-0.2, 0) is 0 Å². The van der Waals surface area contributed by atoms with Gasteiger partial charge in [0, 0.05) is 49.7 Å². The lowest BCUT2D eigenvalue weighted by Gasteiger charge is -2.28. The van der Waals surface area contributed by atoms with Crippen molar-refractivity contribution in [3.8, 4) is 39.1 Å². The van der Waals surface area contributed by atoms with Crippen LogP contribution < -0.4 is 4.90 Å². The molecule has 0 saturated heterocycles. The van der Waals surface area contributed by atoms with Gasteiger partial charge in [0.15, 0.2) is 0 Å². The predicted molar refractivity (Wildman–Crippen MR) is 257 cm³/mol. The van der Waals surface area contributed by atoms with Crippen LogP contribution in [-0.4, -0.2) is 4.57 Å². The molecule has 0 amide bonds. The molecule has 0 atom stereocenters. The van der Waals surface area contributed by atoms with Gasteiger partial charge in [0.1, 0.15) is 11.2 Å². The number of anilines is 3. The number of rotatable bonds is 7. The molecule has 12 rings (SSSR count). The predicted octanol–water partition coefficient (Wildman–Crippen LogP) is 16.3. The second-order valence-electron chi connectivity index (χ2n) is 15.7. The first kappa shape index (κ1) is 34.9. The van der Waals surface area contributed by atoms with Gasteiger partial charge in [-0.3, -0.25) is 0 Å². The Labute approximate surface area is 353 Å². The van der Waals surface area contributed by atoms with E-state index < -0.39 is 0 Å². The lowest BCUT2D eigenvalue weighted by Crippen LogP contribution is -2.11. The lowest BCUT2D eigenvalue weighted by atomic mass is 9.96. The molecule has 0 aliphatic carbocycles. The quantitative estimate of drug-likeness (QED) is 0.161. The van der Waals surface area contributed by atoms with Gasteiger partial charge in [-0.15, -0.1) is 0 Å². The fourth-order valence-corrected chi connectivity index (χ4v) is 9.36. The third-order valence-corrected chi connectivity index (χ3v) is 12.2. The molecule has 10 aromatic carbocycles. The summed E-state index contributed by atoms with van der Waals surface area (Å²) in [6, 6.07) is 82.9. The third kappa shape index (κ3) is 5.82. The van der Waals surface area contributed by atoms with Crippen LogP contribution in [0.2, 0.25) is 0 Å². The van der Waals surface area contributed by atoms with E-state index in [1.165, 1.54) is 38.2 Å². The van der Waals surface area contributed by atoms with E-state index in [2.05, 4.69) is 240 Å². The van der Waals surface area contributed by atoms with Crippen LogP contribution in [0.25, 0.3) is 93.6 Å². The van der Waals surface area contributed by atoms with E-state index >= 15 is 0 Å². The van der Waals surface area contributed by atoms with Crippen LogP contribution in [0.15, 0.2) is 235 Å². The van der Waals surface area contributed by atoms with Gasteiger partial charge in [-0.05, 0) is 99.8 Å². The number of aromatic nitrogens is 1. The Balaban J connectivity index is 1.16. The second-order valence-corrected chi connectivity index (χ2v) is 15.7. The normalized spacial score (nSPS) is 11.6. The Morgan fingerprint density at radius 2 is 0.984 bits per heavy atom. The maximum absolute atomic E-state index is 7.00. The van der Waals surface area contributed by atoms with E-state index in [-0.39, 0.29) is 0 Å². The van der Waals surface area contributed by atoms with Gasteiger partial charge < -0.3 is 13.9 Å². The zero-order chi connectivity index (χ0) is 40.3. The second kappa shape index (κ2) is 14.3. The number of para-hydroxylation sites is 3. The van der Waals surface area contributed by atoms with E-state index in [9.17, 15) is 0 Å². The molecule has 0 unspecified atom stereocenters. The zero-order valence-corrected chi connectivity index (χ0v) is 33.2. The number of benzene rings is 10. The molecule has 0 aliphatic heterocycles. The van der Waals surface area contributed by atoms with Crippen LogP contribution in [0, 0.1) is 0 Å². The summed E-state index contributed by atoms with van der Waals surface area (Å²) in [5.41, 5.74) is 15.2. The summed E-state index contributed by atoms with van der Waals surface area (Å²) >= 11 is 0. The highest BCUT2D eigenvalue weighted by Gasteiger charge is 2.23. The van der Waals surface area contributed by atoms with Crippen LogP contribution in [0.4, 0.5) is 17.1 Å². The molecule has 0 spiro atoms. The van der Waals surface area contributed by atoms with Crippen molar-refractivity contribution in [3.63, 3.8) is 0 Å². The summed E-state index contributed by atoms with van der Waals surface area (Å²) < 4.78 is 9.37. The molecule has 0 saturated carbocycles. The molecule has 2 aromatic heterocycles. The largest absolute Gasteiger partial charge is 0.455 e. The van der Waals surface area contributed by atoms with Crippen LogP contribution in [0.5, 0.6) is 0 Å². The van der Waals surface area contributed by atoms with Crippen molar-refractivity contribution >= 4 is 71.6 Å². The van der Waals surface area contributed by atoms with E-state index in [0.29, 0.717) is 0 Å². The average molecular weight is 779 g/mol. The molecule has 3 heteroatoms. The minimum atomic E-state index is 0.872. The maximum atomic E-state index is 7.00. The Morgan fingerprint density at radius 3 is 1.79 bits per heavy atom. The molecular formula is C58H38N2O. The molecule has 0 radical (unpaired) electrons. The number of hydrogen-bond donors (Lipinski definition) is 0. The topological polar surface area (TPSA) is 21.3 Å². The van der Waals surface area contributed by atoms with Crippen molar-refractivity contribution in [1.82, 2.24) is 4.57 Å². The van der Waals surface area contributed by atoms with Gasteiger partial charge in [-0.2, -0.15) is 0 Å². The van der Waals surface area contributed by atoms with Gasteiger partial charge in [0.25, 0.3) is 0 Å². The molecule has 12 aromatic rings. The minimum absolute atomic E-state index is 0.872. The van der Waals surface area contributed by atoms with Crippen LogP contribution >= 0.6 is 0 Å². The molecule has 61 heavy (non-hydrogen) atoms. The summed E-state index contributed by atoms with van der Waals surface area (Å²) in [6.07, 6.45) is 0. The van der Waals surface area contributed by atoms with Crippen molar-refractivity contribution in [2.45, 2.75) is 0 Å². The zero-order valence-electron chi connectivity index (χ0n) is 33.2. The molecule has 0 fully saturated rings. The lowest BCUT2D eigenvalue weighted by molar-refractivity contribution is 0.670. The SMILES string of the molecule is c1ccc(-c2ccc(N(c3cc(-c4ccc5c(c4)c4ccccc4n5-c4ccccc4)c4oc5ccc6ccccc6c5c4c3)c3ccccc3-c3ccccc3)cc2)cc1. The number of fused-ring (bicyclic) bond motifs is 8. The Morgan fingerprint density at radius 1 is 0.361 bits per heavy atom. The highest BCUT2D eigenvalue weighted by molar-refractivity contribution is 6.22. The van der Waals surface area contributed by atoms with Crippen LogP contribution in [0.3, 0.4) is 0 Å². The summed E-state index contributed by atoms with van der Waals surface area (Å²) in [5, 5.41) is 6.96. The third-order valence-electron chi connectivity index (χ3n) is 12.2. The van der Waals surface area contributed by atoms with Gasteiger partial charge in [-0.1, -0.05) is 164 Å². The Hall–Kier alpha value is -8.14. The maximum Gasteiger partial charge on any atom is 0.143 e. The number of furan rings is 1. The van der Waals surface area contributed by atoms with E-state index in [1.54, 1.807) is 0 Å². The molecule has 0 N–H and O–H groups in total. The highest BCUT2D eigenvalue weighted by atomic mass is 16.3. The van der Waals surface area contributed by atoms with Crippen molar-refractivity contribution in [2.24, 2.45) is 0 Å². The van der Waals surface area contributed by atoms with Gasteiger partial charge in [0.05, 0.1) is 16.7 Å². The fraction of sp³-hybridized carbons (Fsp3) is 0. The van der Waals surface area contributed by atoms with Gasteiger partial charge >= 0.3 is 0 Å². The summed E-state index contributed by atoms with van der Waals surface area (Å²) in [7, 11) is 0. The summed E-state index contributed by atoms with van der Waals surface area (Å²) in [5.74, 6) is 0. The number of nitrogens with zero attached hydrogens (tertiary/aromatic N) is 2. The molecule has 0 aliphatic rings. The minimum Gasteiger partial charge on any atom is -0.455 e. The van der Waals surface area contributed by atoms with Crippen LogP contribution in [0.1, 0.15) is 0 Å². The van der Waals surface area contributed by atoms with E-state index in [1.807, 2.05) is 0 Å². The standard InChI is InChI=1S/C58H38N2O/c1-4-16-39(17-5-1)40-28-32-45(33-29-40)59(53-26-14-12-23-47(53)41-18-6-2-7-19-41)46-37-50(58-52(38-46)57-48-24-11-10-20-42(48)31-35-56(57)61-58)43-30-34-55-51(36-43)49-25-13-15-27-54(49)60(55)44-21-8-3-9-22-44/h1-38H. The molecular weight excluding hydrogens is 741 g/mol. The van der Waals surface area contributed by atoms with Gasteiger partial charge in [0.2, 0.25) is 0 Å². The molecule has 286 valence electrons. The van der Waals surface area contributed by atoms with Crippen molar-refractivity contribution < 1.29 is 4.42 Å². The Bertz CT molecular complexity index is 3570. The smallest absolute Gasteiger partial charge is 0.143 e. The molecule has 0 bridgehead atoms. The highest BCUT2D eigenvalue weighted by Crippen LogP contribution is 2.48. The van der Waals surface area contributed by atoms with Crippen molar-refractivity contribution in [1.29, 1.82) is 0 Å². The monoisotopic (exact) mass is 778 g/mol. The fourth-order valence-electron chi connectivity index (χ4n) is 9.36. The number of hydrogen-bond acceptors (Lipinski definition) is 2. The average Bonchev–Trinajstić information content (AvgIpc) is 3.88. The van der Waals surface area contributed by atoms with E-state index in [4.69, 9.17) is 4.42 Å². The molecule has 3 nitrogen and oxygen atoms in total. The first-order valence-corrected chi connectivity index (χ1v) is 20.8. The first-order valence-electron chi connectivity index (χ1n) is 20.8.